The zero-order chi connectivity index (χ0) is 11.9. The van der Waals surface area contributed by atoms with Crippen LogP contribution in [0.4, 0.5) is 0 Å². The number of aryl methyl sites for hydroxylation is 1. The third kappa shape index (κ3) is 1.63. The van der Waals surface area contributed by atoms with Gasteiger partial charge in [0.15, 0.2) is 0 Å². The minimum atomic E-state index is -0.0414. The quantitative estimate of drug-likeness (QED) is 0.877. The zero-order valence-corrected chi connectivity index (χ0v) is 10.7. The van der Waals surface area contributed by atoms with Crippen LogP contribution in [0, 0.1) is 6.92 Å². The van der Waals surface area contributed by atoms with Crippen LogP contribution in [0.5, 0.6) is 0 Å². The Bertz CT molecular complexity index is 506. The fourth-order valence-corrected chi connectivity index (χ4v) is 3.56. The highest BCUT2D eigenvalue weighted by atomic mass is 32.1. The molecular formula is C13H16N2OS. The minimum Gasteiger partial charge on any atom is -0.395 e. The van der Waals surface area contributed by atoms with Gasteiger partial charge in [0.2, 0.25) is 0 Å². The maximum Gasteiger partial charge on any atom is 0.102 e. The molecular weight excluding hydrogens is 232 g/mol. The van der Waals surface area contributed by atoms with E-state index in [1.165, 1.54) is 11.3 Å². The predicted molar refractivity (Wildman–Crippen MR) is 69.3 cm³/mol. The first-order valence-electron chi connectivity index (χ1n) is 5.98. The Morgan fingerprint density at radius 1 is 1.53 bits per heavy atom. The number of rotatable bonds is 3. The SMILES string of the molecule is Cc1sc(C2(CO)CCC2)nc1-c1ccc[nH]1. The van der Waals surface area contributed by atoms with Gasteiger partial charge in [-0.1, -0.05) is 6.42 Å². The maximum absolute atomic E-state index is 9.58. The summed E-state index contributed by atoms with van der Waals surface area (Å²) in [6.45, 7) is 2.32. The van der Waals surface area contributed by atoms with Crippen molar-refractivity contribution in [3.63, 3.8) is 0 Å². The van der Waals surface area contributed by atoms with Crippen LogP contribution in [0.15, 0.2) is 18.3 Å². The summed E-state index contributed by atoms with van der Waals surface area (Å²) in [6, 6.07) is 4.02. The van der Waals surface area contributed by atoms with Gasteiger partial charge in [0, 0.05) is 16.5 Å². The van der Waals surface area contributed by atoms with Crippen LogP contribution < -0.4 is 0 Å². The number of aliphatic hydroxyl groups excluding tert-OH is 1. The first-order chi connectivity index (χ1) is 8.25. The Morgan fingerprint density at radius 2 is 2.35 bits per heavy atom. The number of hydrogen-bond donors (Lipinski definition) is 2. The van der Waals surface area contributed by atoms with Crippen LogP contribution in [0.1, 0.15) is 29.1 Å². The number of nitrogens with zero attached hydrogens (tertiary/aromatic N) is 1. The summed E-state index contributed by atoms with van der Waals surface area (Å²) in [4.78, 5) is 9.16. The molecule has 1 saturated carbocycles. The number of aliphatic hydroxyl groups is 1. The van der Waals surface area contributed by atoms with Gasteiger partial charge in [-0.25, -0.2) is 4.98 Å². The molecule has 1 aliphatic carbocycles. The van der Waals surface area contributed by atoms with Crippen molar-refractivity contribution in [2.45, 2.75) is 31.6 Å². The monoisotopic (exact) mass is 248 g/mol. The predicted octanol–water partition coefficient (Wildman–Crippen LogP) is 2.86. The summed E-state index contributed by atoms with van der Waals surface area (Å²) in [5.41, 5.74) is 2.06. The molecule has 2 aromatic rings. The number of thiazole rings is 1. The molecule has 0 radical (unpaired) electrons. The van der Waals surface area contributed by atoms with Gasteiger partial charge in [0.05, 0.1) is 12.3 Å². The standard InChI is InChI=1S/C13H16N2OS/c1-9-11(10-4-2-7-14-10)15-12(17-9)13(8-16)5-3-6-13/h2,4,7,14,16H,3,5-6,8H2,1H3. The van der Waals surface area contributed by atoms with Crippen molar-refractivity contribution in [1.29, 1.82) is 0 Å². The Kier molecular flexibility index (Phi) is 2.56. The molecule has 0 unspecified atom stereocenters. The van der Waals surface area contributed by atoms with Gasteiger partial charge >= 0.3 is 0 Å². The first kappa shape index (κ1) is 11.0. The number of nitrogens with one attached hydrogen (secondary N) is 1. The summed E-state index contributed by atoms with van der Waals surface area (Å²) in [6.07, 6.45) is 5.26. The van der Waals surface area contributed by atoms with Crippen LogP contribution in [0.25, 0.3) is 11.4 Å². The average molecular weight is 248 g/mol. The Balaban J connectivity index is 2.01. The van der Waals surface area contributed by atoms with E-state index in [1.807, 2.05) is 18.3 Å². The summed E-state index contributed by atoms with van der Waals surface area (Å²) < 4.78 is 0. The van der Waals surface area contributed by atoms with E-state index in [0.29, 0.717) is 0 Å². The van der Waals surface area contributed by atoms with Gasteiger partial charge in [-0.2, -0.15) is 0 Å². The fourth-order valence-electron chi connectivity index (χ4n) is 2.39. The second-order valence-electron chi connectivity index (χ2n) is 4.80. The second kappa shape index (κ2) is 3.96. The maximum atomic E-state index is 9.58. The van der Waals surface area contributed by atoms with E-state index >= 15 is 0 Å². The van der Waals surface area contributed by atoms with Crippen molar-refractivity contribution in [2.24, 2.45) is 0 Å². The van der Waals surface area contributed by atoms with E-state index in [0.717, 1.165) is 29.2 Å². The number of H-pyrrole nitrogens is 1. The van der Waals surface area contributed by atoms with Crippen molar-refractivity contribution in [1.82, 2.24) is 9.97 Å². The van der Waals surface area contributed by atoms with Gasteiger partial charge in [0.1, 0.15) is 10.7 Å². The molecule has 0 aliphatic heterocycles. The molecule has 0 atom stereocenters. The van der Waals surface area contributed by atoms with Crippen molar-refractivity contribution in [2.75, 3.05) is 6.61 Å². The Hall–Kier alpha value is -1.13. The molecule has 0 bridgehead atoms. The van der Waals surface area contributed by atoms with Gasteiger partial charge in [-0.3, -0.25) is 0 Å². The summed E-state index contributed by atoms with van der Waals surface area (Å²) >= 11 is 1.73. The molecule has 17 heavy (non-hydrogen) atoms. The van der Waals surface area contributed by atoms with E-state index < -0.39 is 0 Å². The summed E-state index contributed by atoms with van der Waals surface area (Å²) in [5.74, 6) is 0. The molecule has 0 spiro atoms. The van der Waals surface area contributed by atoms with Gasteiger partial charge in [0.25, 0.3) is 0 Å². The van der Waals surface area contributed by atoms with E-state index in [1.54, 1.807) is 11.3 Å². The lowest BCUT2D eigenvalue weighted by molar-refractivity contribution is 0.120. The smallest absolute Gasteiger partial charge is 0.102 e. The van der Waals surface area contributed by atoms with Crippen LogP contribution in [-0.4, -0.2) is 21.7 Å². The third-order valence-corrected chi connectivity index (χ3v) is 4.93. The van der Waals surface area contributed by atoms with Crippen LogP contribution in [0.3, 0.4) is 0 Å². The highest BCUT2D eigenvalue weighted by Crippen LogP contribution is 2.46. The molecule has 90 valence electrons. The Labute approximate surface area is 105 Å². The molecule has 3 nitrogen and oxygen atoms in total. The normalized spacial score (nSPS) is 18.0. The van der Waals surface area contributed by atoms with E-state index in [9.17, 15) is 5.11 Å². The molecule has 2 N–H and O–H groups in total. The van der Waals surface area contributed by atoms with Gasteiger partial charge < -0.3 is 10.1 Å². The average Bonchev–Trinajstić information content (AvgIpc) is 2.86. The molecule has 4 heteroatoms. The molecule has 0 aromatic carbocycles. The highest BCUT2D eigenvalue weighted by molar-refractivity contribution is 7.12. The van der Waals surface area contributed by atoms with Crippen molar-refractivity contribution in [3.05, 3.63) is 28.2 Å². The first-order valence-corrected chi connectivity index (χ1v) is 6.79. The minimum absolute atomic E-state index is 0.0414. The van der Waals surface area contributed by atoms with Crippen LogP contribution >= 0.6 is 11.3 Å². The highest BCUT2D eigenvalue weighted by Gasteiger charge is 2.41. The lowest BCUT2D eigenvalue weighted by atomic mass is 9.70. The molecule has 0 saturated heterocycles. The van der Waals surface area contributed by atoms with E-state index in [-0.39, 0.29) is 12.0 Å². The topological polar surface area (TPSA) is 48.9 Å². The lowest BCUT2D eigenvalue weighted by Crippen LogP contribution is -2.37. The molecule has 0 amide bonds. The lowest BCUT2D eigenvalue weighted by Gasteiger charge is -2.38. The summed E-state index contributed by atoms with van der Waals surface area (Å²) in [5, 5.41) is 10.7. The number of hydrogen-bond acceptors (Lipinski definition) is 3. The van der Waals surface area contributed by atoms with Gasteiger partial charge in [-0.15, -0.1) is 11.3 Å². The summed E-state index contributed by atoms with van der Waals surface area (Å²) in [7, 11) is 0. The van der Waals surface area contributed by atoms with Crippen molar-refractivity contribution in [3.8, 4) is 11.4 Å². The van der Waals surface area contributed by atoms with Gasteiger partial charge in [-0.05, 0) is 31.9 Å². The van der Waals surface area contributed by atoms with E-state index in [2.05, 4.69) is 11.9 Å². The Morgan fingerprint density at radius 3 is 2.88 bits per heavy atom. The van der Waals surface area contributed by atoms with Crippen LogP contribution in [0.2, 0.25) is 0 Å². The van der Waals surface area contributed by atoms with E-state index in [4.69, 9.17) is 4.98 Å². The second-order valence-corrected chi connectivity index (χ2v) is 6.00. The fraction of sp³-hybridized carbons (Fsp3) is 0.462. The van der Waals surface area contributed by atoms with Crippen LogP contribution in [-0.2, 0) is 5.41 Å². The zero-order valence-electron chi connectivity index (χ0n) is 9.86. The number of aromatic nitrogens is 2. The molecule has 1 aliphatic rings. The molecule has 2 aromatic heterocycles. The largest absolute Gasteiger partial charge is 0.395 e. The third-order valence-electron chi connectivity index (χ3n) is 3.72. The molecule has 2 heterocycles. The number of aromatic amines is 1. The molecule has 3 rings (SSSR count). The van der Waals surface area contributed by atoms with Crippen molar-refractivity contribution >= 4 is 11.3 Å². The van der Waals surface area contributed by atoms with Crippen molar-refractivity contribution < 1.29 is 5.11 Å². The molecule has 1 fully saturated rings.